The smallest absolute Gasteiger partial charge is 0.340 e. The predicted molar refractivity (Wildman–Crippen MR) is 67.6 cm³/mol. The maximum absolute atomic E-state index is 11.1. The second-order valence-corrected chi connectivity index (χ2v) is 4.93. The van der Waals surface area contributed by atoms with Gasteiger partial charge in [0.05, 0.1) is 5.69 Å². The van der Waals surface area contributed by atoms with Crippen LogP contribution in [0.3, 0.4) is 0 Å². The zero-order valence-electron chi connectivity index (χ0n) is 10.5. The van der Waals surface area contributed by atoms with Crippen molar-refractivity contribution in [3.05, 3.63) is 16.4 Å². The Balaban J connectivity index is 2.99. The number of hydrogen-bond donors (Lipinski definition) is 1. The van der Waals surface area contributed by atoms with Crippen molar-refractivity contribution in [2.45, 2.75) is 46.6 Å². The van der Waals surface area contributed by atoms with Crippen molar-refractivity contribution >= 4 is 17.6 Å². The SMILES string of the molecule is CCCc1nn(CCC(C)C)c(Cl)c1C(=O)O. The van der Waals surface area contributed by atoms with Crippen molar-refractivity contribution in [2.75, 3.05) is 0 Å². The fourth-order valence-electron chi connectivity index (χ4n) is 1.64. The summed E-state index contributed by atoms with van der Waals surface area (Å²) < 4.78 is 1.61. The highest BCUT2D eigenvalue weighted by molar-refractivity contribution is 6.32. The average Bonchev–Trinajstić information content (AvgIpc) is 2.52. The number of halogens is 1. The summed E-state index contributed by atoms with van der Waals surface area (Å²) in [7, 11) is 0. The molecule has 0 atom stereocenters. The molecule has 4 nitrogen and oxygen atoms in total. The Morgan fingerprint density at radius 3 is 2.65 bits per heavy atom. The van der Waals surface area contributed by atoms with Crippen molar-refractivity contribution in [2.24, 2.45) is 5.92 Å². The molecule has 0 saturated heterocycles. The molecule has 0 radical (unpaired) electrons. The van der Waals surface area contributed by atoms with Gasteiger partial charge in [0, 0.05) is 6.54 Å². The Morgan fingerprint density at radius 2 is 2.18 bits per heavy atom. The summed E-state index contributed by atoms with van der Waals surface area (Å²) in [5.74, 6) is -0.451. The molecule has 0 aromatic carbocycles. The number of carbonyl (C=O) groups is 1. The first-order valence-corrected chi connectivity index (χ1v) is 6.33. The Hall–Kier alpha value is -1.03. The van der Waals surface area contributed by atoms with Crippen molar-refractivity contribution in [1.29, 1.82) is 0 Å². The van der Waals surface area contributed by atoms with Crippen molar-refractivity contribution in [3.63, 3.8) is 0 Å². The molecule has 1 rings (SSSR count). The van der Waals surface area contributed by atoms with Gasteiger partial charge in [0.15, 0.2) is 0 Å². The second kappa shape index (κ2) is 6.05. The first-order chi connectivity index (χ1) is 7.97. The van der Waals surface area contributed by atoms with Crippen LogP contribution in [-0.4, -0.2) is 20.9 Å². The van der Waals surface area contributed by atoms with Gasteiger partial charge in [-0.2, -0.15) is 5.10 Å². The topological polar surface area (TPSA) is 55.1 Å². The minimum absolute atomic E-state index is 0.164. The van der Waals surface area contributed by atoms with Crippen LogP contribution in [0.5, 0.6) is 0 Å². The number of rotatable bonds is 6. The lowest BCUT2D eigenvalue weighted by atomic mass is 10.1. The lowest BCUT2D eigenvalue weighted by Gasteiger charge is -2.05. The average molecular weight is 259 g/mol. The third-order valence-electron chi connectivity index (χ3n) is 2.58. The Morgan fingerprint density at radius 1 is 1.53 bits per heavy atom. The largest absolute Gasteiger partial charge is 0.478 e. The van der Waals surface area contributed by atoms with Crippen LogP contribution < -0.4 is 0 Å². The van der Waals surface area contributed by atoms with Gasteiger partial charge in [0.1, 0.15) is 10.7 Å². The molecule has 0 fully saturated rings. The first kappa shape index (κ1) is 14.0. The maximum Gasteiger partial charge on any atom is 0.340 e. The minimum Gasteiger partial charge on any atom is -0.478 e. The van der Waals surface area contributed by atoms with E-state index in [4.69, 9.17) is 16.7 Å². The number of carboxylic acids is 1. The van der Waals surface area contributed by atoms with Gasteiger partial charge in [0.2, 0.25) is 0 Å². The van der Waals surface area contributed by atoms with Gasteiger partial charge >= 0.3 is 5.97 Å². The molecular weight excluding hydrogens is 240 g/mol. The summed E-state index contributed by atoms with van der Waals surface area (Å²) in [5.41, 5.74) is 0.756. The Labute approximate surface area is 107 Å². The number of nitrogens with zero attached hydrogens (tertiary/aromatic N) is 2. The minimum atomic E-state index is -0.991. The molecule has 0 spiro atoms. The van der Waals surface area contributed by atoms with E-state index in [0.29, 0.717) is 24.6 Å². The maximum atomic E-state index is 11.1. The number of carboxylic acid groups (broad SMARTS) is 1. The number of aromatic nitrogens is 2. The van der Waals surface area contributed by atoms with Gasteiger partial charge in [-0.15, -0.1) is 0 Å². The van der Waals surface area contributed by atoms with Crippen LogP contribution in [-0.2, 0) is 13.0 Å². The highest BCUT2D eigenvalue weighted by Crippen LogP contribution is 2.22. The lowest BCUT2D eigenvalue weighted by Crippen LogP contribution is -2.04. The van der Waals surface area contributed by atoms with Crippen molar-refractivity contribution < 1.29 is 9.90 Å². The van der Waals surface area contributed by atoms with E-state index in [1.807, 2.05) is 6.92 Å². The molecule has 0 aliphatic rings. The van der Waals surface area contributed by atoms with E-state index in [9.17, 15) is 4.79 Å². The molecule has 5 heteroatoms. The number of hydrogen-bond acceptors (Lipinski definition) is 2. The molecule has 17 heavy (non-hydrogen) atoms. The molecule has 0 saturated carbocycles. The Kier molecular flexibility index (Phi) is 5.00. The van der Waals surface area contributed by atoms with Crippen LogP contribution in [0.2, 0.25) is 5.15 Å². The summed E-state index contributed by atoms with van der Waals surface area (Å²) in [4.78, 5) is 11.1. The van der Waals surface area contributed by atoms with Crippen LogP contribution in [0.15, 0.2) is 0 Å². The van der Waals surface area contributed by atoms with Crippen LogP contribution in [0.25, 0.3) is 0 Å². The summed E-state index contributed by atoms with van der Waals surface area (Å²) in [6, 6.07) is 0. The molecule has 0 aliphatic heterocycles. The van der Waals surface area contributed by atoms with Gasteiger partial charge in [-0.1, -0.05) is 38.8 Å². The first-order valence-electron chi connectivity index (χ1n) is 5.95. The van der Waals surface area contributed by atoms with Gasteiger partial charge < -0.3 is 5.11 Å². The predicted octanol–water partition coefficient (Wildman–Crippen LogP) is 3.23. The van der Waals surface area contributed by atoms with E-state index in [0.717, 1.165) is 12.8 Å². The number of aryl methyl sites for hydroxylation is 2. The molecule has 1 N–H and O–H groups in total. The van der Waals surface area contributed by atoms with E-state index < -0.39 is 5.97 Å². The molecule has 96 valence electrons. The van der Waals surface area contributed by atoms with Gasteiger partial charge in [-0.3, -0.25) is 4.68 Å². The molecule has 0 unspecified atom stereocenters. The summed E-state index contributed by atoms with van der Waals surface area (Å²) >= 11 is 6.06. The monoisotopic (exact) mass is 258 g/mol. The van der Waals surface area contributed by atoms with Crippen LogP contribution in [0.4, 0.5) is 0 Å². The molecule has 1 aromatic heterocycles. The summed E-state index contributed by atoms with van der Waals surface area (Å²) in [5, 5.41) is 13.7. The molecule has 0 aliphatic carbocycles. The molecular formula is C12H19ClN2O2. The van der Waals surface area contributed by atoms with E-state index >= 15 is 0 Å². The lowest BCUT2D eigenvalue weighted by molar-refractivity contribution is 0.0696. The second-order valence-electron chi connectivity index (χ2n) is 4.57. The van der Waals surface area contributed by atoms with Gasteiger partial charge in [-0.25, -0.2) is 4.79 Å². The fourth-order valence-corrected chi connectivity index (χ4v) is 1.95. The zero-order chi connectivity index (χ0) is 13.0. The standard InChI is InChI=1S/C12H19ClN2O2/c1-4-5-9-10(12(16)17)11(13)15(14-9)7-6-8(2)3/h8H,4-7H2,1-3H3,(H,16,17). The van der Waals surface area contributed by atoms with Crippen molar-refractivity contribution in [1.82, 2.24) is 9.78 Å². The molecule has 1 aromatic rings. The van der Waals surface area contributed by atoms with E-state index in [2.05, 4.69) is 18.9 Å². The number of aromatic carboxylic acids is 1. The third kappa shape index (κ3) is 3.46. The van der Waals surface area contributed by atoms with Crippen LogP contribution in [0.1, 0.15) is 49.7 Å². The van der Waals surface area contributed by atoms with Crippen LogP contribution >= 0.6 is 11.6 Å². The third-order valence-corrected chi connectivity index (χ3v) is 2.97. The fraction of sp³-hybridized carbons (Fsp3) is 0.667. The zero-order valence-corrected chi connectivity index (χ0v) is 11.3. The quantitative estimate of drug-likeness (QED) is 0.852. The highest BCUT2D eigenvalue weighted by atomic mass is 35.5. The normalized spacial score (nSPS) is 11.1. The van der Waals surface area contributed by atoms with E-state index in [1.54, 1.807) is 4.68 Å². The van der Waals surface area contributed by atoms with Gasteiger partial charge in [-0.05, 0) is 18.8 Å². The van der Waals surface area contributed by atoms with Crippen molar-refractivity contribution in [3.8, 4) is 0 Å². The van der Waals surface area contributed by atoms with E-state index in [-0.39, 0.29) is 10.7 Å². The van der Waals surface area contributed by atoms with Gasteiger partial charge in [0.25, 0.3) is 0 Å². The summed E-state index contributed by atoms with van der Waals surface area (Å²) in [6.45, 7) is 6.89. The Bertz CT molecular complexity index is 399. The van der Waals surface area contributed by atoms with Crippen LogP contribution in [0, 0.1) is 5.92 Å². The highest BCUT2D eigenvalue weighted by Gasteiger charge is 2.21. The summed E-state index contributed by atoms with van der Waals surface area (Å²) in [6.07, 6.45) is 2.44. The molecule has 0 bridgehead atoms. The molecule has 1 heterocycles. The molecule has 0 amide bonds. The van der Waals surface area contributed by atoms with E-state index in [1.165, 1.54) is 0 Å².